The summed E-state index contributed by atoms with van der Waals surface area (Å²) in [6.07, 6.45) is 4.15. The summed E-state index contributed by atoms with van der Waals surface area (Å²) < 4.78 is 14.4. The SMILES string of the molecule is N[C@@H]1CCC[C@H]1CC(=O)NCCc1cc(Br)ccc1F. The zero-order valence-corrected chi connectivity index (χ0v) is 13.0. The second-order valence-electron chi connectivity index (χ2n) is 5.39. The number of nitrogens with one attached hydrogen (secondary N) is 1. The maximum atomic E-state index is 13.5. The molecule has 1 aromatic carbocycles. The lowest BCUT2D eigenvalue weighted by atomic mass is 10.00. The highest BCUT2D eigenvalue weighted by molar-refractivity contribution is 9.10. The van der Waals surface area contributed by atoms with Crippen molar-refractivity contribution < 1.29 is 9.18 Å². The number of rotatable bonds is 5. The van der Waals surface area contributed by atoms with E-state index >= 15 is 0 Å². The average molecular weight is 343 g/mol. The molecule has 20 heavy (non-hydrogen) atoms. The van der Waals surface area contributed by atoms with Crippen LogP contribution in [0.3, 0.4) is 0 Å². The van der Waals surface area contributed by atoms with Crippen LogP contribution in [0.5, 0.6) is 0 Å². The lowest BCUT2D eigenvalue weighted by molar-refractivity contribution is -0.122. The summed E-state index contributed by atoms with van der Waals surface area (Å²) >= 11 is 3.31. The Morgan fingerprint density at radius 1 is 1.45 bits per heavy atom. The van der Waals surface area contributed by atoms with Gasteiger partial charge in [-0.1, -0.05) is 22.4 Å². The topological polar surface area (TPSA) is 55.1 Å². The van der Waals surface area contributed by atoms with E-state index in [1.165, 1.54) is 6.07 Å². The van der Waals surface area contributed by atoms with Crippen molar-refractivity contribution in [2.24, 2.45) is 11.7 Å². The molecular weight excluding hydrogens is 323 g/mol. The fourth-order valence-corrected chi connectivity index (χ4v) is 3.11. The van der Waals surface area contributed by atoms with Crippen LogP contribution in [0.25, 0.3) is 0 Å². The Hall–Kier alpha value is -0.940. The molecule has 1 saturated carbocycles. The van der Waals surface area contributed by atoms with E-state index in [9.17, 15) is 9.18 Å². The molecule has 3 nitrogen and oxygen atoms in total. The lowest BCUT2D eigenvalue weighted by Gasteiger charge is -2.14. The van der Waals surface area contributed by atoms with Crippen LogP contribution in [-0.4, -0.2) is 18.5 Å². The van der Waals surface area contributed by atoms with Crippen molar-refractivity contribution in [2.75, 3.05) is 6.54 Å². The molecule has 0 aromatic heterocycles. The second kappa shape index (κ2) is 7.18. The summed E-state index contributed by atoms with van der Waals surface area (Å²) in [5, 5.41) is 2.85. The Morgan fingerprint density at radius 3 is 2.95 bits per heavy atom. The number of hydrogen-bond acceptors (Lipinski definition) is 2. The predicted molar refractivity (Wildman–Crippen MR) is 80.7 cm³/mol. The molecule has 0 radical (unpaired) electrons. The molecule has 0 saturated heterocycles. The quantitative estimate of drug-likeness (QED) is 0.864. The number of halogens is 2. The highest BCUT2D eigenvalue weighted by Crippen LogP contribution is 2.26. The van der Waals surface area contributed by atoms with Gasteiger partial charge < -0.3 is 11.1 Å². The molecule has 5 heteroatoms. The summed E-state index contributed by atoms with van der Waals surface area (Å²) in [6.45, 7) is 0.453. The number of nitrogens with two attached hydrogens (primary N) is 1. The molecule has 1 fully saturated rings. The minimum absolute atomic E-state index is 0.0164. The van der Waals surface area contributed by atoms with Gasteiger partial charge in [0.1, 0.15) is 5.82 Å². The van der Waals surface area contributed by atoms with Gasteiger partial charge in [0.25, 0.3) is 0 Å². The van der Waals surface area contributed by atoms with E-state index in [0.717, 1.165) is 23.7 Å². The molecule has 0 spiro atoms. The van der Waals surface area contributed by atoms with Crippen LogP contribution in [0.2, 0.25) is 0 Å². The third-order valence-corrected chi connectivity index (χ3v) is 4.38. The van der Waals surface area contributed by atoms with Crippen molar-refractivity contribution in [3.63, 3.8) is 0 Å². The zero-order chi connectivity index (χ0) is 14.5. The van der Waals surface area contributed by atoms with E-state index in [-0.39, 0.29) is 17.8 Å². The average Bonchev–Trinajstić information content (AvgIpc) is 2.79. The number of carbonyl (C=O) groups is 1. The molecule has 110 valence electrons. The van der Waals surface area contributed by atoms with Gasteiger partial charge in [0, 0.05) is 23.5 Å². The summed E-state index contributed by atoms with van der Waals surface area (Å²) in [4.78, 5) is 11.8. The molecule has 0 bridgehead atoms. The monoisotopic (exact) mass is 342 g/mol. The largest absolute Gasteiger partial charge is 0.356 e. The van der Waals surface area contributed by atoms with Gasteiger partial charge in [0.15, 0.2) is 0 Å². The maximum absolute atomic E-state index is 13.5. The number of hydrogen-bond donors (Lipinski definition) is 2. The summed E-state index contributed by atoms with van der Waals surface area (Å²) in [6, 6.07) is 5.00. The molecule has 1 aliphatic rings. The fourth-order valence-electron chi connectivity index (χ4n) is 2.70. The van der Waals surface area contributed by atoms with Crippen molar-refractivity contribution in [1.82, 2.24) is 5.32 Å². The molecule has 3 N–H and O–H groups in total. The first kappa shape index (κ1) is 15.4. The number of carbonyl (C=O) groups excluding carboxylic acids is 1. The molecule has 1 amide bonds. The molecule has 1 aromatic rings. The van der Waals surface area contributed by atoms with Gasteiger partial charge in [-0.3, -0.25) is 4.79 Å². The Morgan fingerprint density at radius 2 is 2.25 bits per heavy atom. The van der Waals surface area contributed by atoms with Crippen molar-refractivity contribution >= 4 is 21.8 Å². The highest BCUT2D eigenvalue weighted by Gasteiger charge is 2.25. The van der Waals surface area contributed by atoms with E-state index in [4.69, 9.17) is 5.73 Å². The van der Waals surface area contributed by atoms with Crippen molar-refractivity contribution in [3.05, 3.63) is 34.1 Å². The van der Waals surface area contributed by atoms with Crippen LogP contribution in [0.1, 0.15) is 31.2 Å². The van der Waals surface area contributed by atoms with Gasteiger partial charge in [0.05, 0.1) is 0 Å². The van der Waals surface area contributed by atoms with Crippen LogP contribution in [0.15, 0.2) is 22.7 Å². The van der Waals surface area contributed by atoms with Crippen molar-refractivity contribution in [3.8, 4) is 0 Å². The van der Waals surface area contributed by atoms with Crippen molar-refractivity contribution in [2.45, 2.75) is 38.1 Å². The van der Waals surface area contributed by atoms with E-state index in [1.807, 2.05) is 0 Å². The van der Waals surface area contributed by atoms with Crippen LogP contribution in [0, 0.1) is 11.7 Å². The lowest BCUT2D eigenvalue weighted by Crippen LogP contribution is -2.32. The Bertz CT molecular complexity index is 481. The Kier molecular flexibility index (Phi) is 5.54. The summed E-state index contributed by atoms with van der Waals surface area (Å²) in [5.74, 6) is 0.0839. The van der Waals surface area contributed by atoms with Crippen LogP contribution in [0.4, 0.5) is 4.39 Å². The van der Waals surface area contributed by atoms with Gasteiger partial charge in [-0.15, -0.1) is 0 Å². The van der Waals surface area contributed by atoms with Gasteiger partial charge in [0.2, 0.25) is 5.91 Å². The van der Waals surface area contributed by atoms with Crippen LogP contribution < -0.4 is 11.1 Å². The zero-order valence-electron chi connectivity index (χ0n) is 11.4. The van der Waals surface area contributed by atoms with E-state index in [1.54, 1.807) is 12.1 Å². The second-order valence-corrected chi connectivity index (χ2v) is 6.31. The minimum Gasteiger partial charge on any atom is -0.356 e. The molecule has 1 aliphatic carbocycles. The molecule has 0 heterocycles. The fraction of sp³-hybridized carbons (Fsp3) is 0.533. The van der Waals surface area contributed by atoms with Gasteiger partial charge in [-0.05, 0) is 48.9 Å². The van der Waals surface area contributed by atoms with Crippen LogP contribution >= 0.6 is 15.9 Å². The summed E-state index contributed by atoms with van der Waals surface area (Å²) in [7, 11) is 0. The van der Waals surface area contributed by atoms with Crippen molar-refractivity contribution in [1.29, 1.82) is 0 Å². The summed E-state index contributed by atoms with van der Waals surface area (Å²) in [5.41, 5.74) is 6.56. The third-order valence-electron chi connectivity index (χ3n) is 3.89. The van der Waals surface area contributed by atoms with E-state index in [0.29, 0.717) is 30.9 Å². The highest BCUT2D eigenvalue weighted by atomic mass is 79.9. The van der Waals surface area contributed by atoms with E-state index < -0.39 is 0 Å². The number of amides is 1. The van der Waals surface area contributed by atoms with Crippen LogP contribution in [-0.2, 0) is 11.2 Å². The standard InChI is InChI=1S/C15H20BrFN2O/c16-12-4-5-13(17)10(8-12)6-7-19-15(20)9-11-2-1-3-14(11)18/h4-5,8,11,14H,1-3,6-7,9,18H2,(H,19,20)/t11-,14+/m0/s1. The van der Waals surface area contributed by atoms with Gasteiger partial charge >= 0.3 is 0 Å². The minimum atomic E-state index is -0.236. The van der Waals surface area contributed by atoms with Gasteiger partial charge in [-0.2, -0.15) is 0 Å². The normalized spacial score (nSPS) is 21.9. The predicted octanol–water partition coefficient (Wildman–Crippen LogP) is 2.76. The first-order valence-corrected chi connectivity index (χ1v) is 7.82. The third kappa shape index (κ3) is 4.28. The Balaban J connectivity index is 1.75. The molecule has 2 rings (SSSR count). The first-order valence-electron chi connectivity index (χ1n) is 7.02. The van der Waals surface area contributed by atoms with Gasteiger partial charge in [-0.25, -0.2) is 4.39 Å². The van der Waals surface area contributed by atoms with E-state index in [2.05, 4.69) is 21.2 Å². The molecular formula is C15H20BrFN2O. The molecule has 0 aliphatic heterocycles. The molecule has 0 unspecified atom stereocenters. The maximum Gasteiger partial charge on any atom is 0.220 e. The molecule has 2 atom stereocenters. The smallest absolute Gasteiger partial charge is 0.220 e. The first-order chi connectivity index (χ1) is 9.56. The number of benzene rings is 1. The Labute approximate surface area is 127 Å².